The van der Waals surface area contributed by atoms with Crippen LogP contribution in [0, 0.1) is 6.92 Å². The number of aryl methyl sites for hydroxylation is 1. The zero-order chi connectivity index (χ0) is 17.9. The van der Waals surface area contributed by atoms with Crippen molar-refractivity contribution in [1.29, 1.82) is 0 Å². The van der Waals surface area contributed by atoms with Gasteiger partial charge in [0.2, 0.25) is 0 Å². The summed E-state index contributed by atoms with van der Waals surface area (Å²) < 4.78 is 38.4. The number of halogens is 3. The van der Waals surface area contributed by atoms with E-state index in [-0.39, 0.29) is 0 Å². The summed E-state index contributed by atoms with van der Waals surface area (Å²) >= 11 is 1.37. The van der Waals surface area contributed by atoms with Gasteiger partial charge >= 0.3 is 6.18 Å². The predicted octanol–water partition coefficient (Wildman–Crippen LogP) is 5.16. The fraction of sp³-hybridized carbons (Fsp3) is 0.167. The average Bonchev–Trinajstić information content (AvgIpc) is 2.60. The minimum absolute atomic E-state index is 0.391. The molecule has 0 saturated heterocycles. The van der Waals surface area contributed by atoms with Gasteiger partial charge < -0.3 is 0 Å². The van der Waals surface area contributed by atoms with Crippen LogP contribution in [0.15, 0.2) is 59.8 Å². The largest absolute Gasteiger partial charge is 0.416 e. The van der Waals surface area contributed by atoms with E-state index in [4.69, 9.17) is 0 Å². The number of hydrogen-bond donors (Lipinski definition) is 0. The normalized spacial score (nSPS) is 11.5. The van der Waals surface area contributed by atoms with Crippen LogP contribution in [0.4, 0.5) is 13.2 Å². The summed E-state index contributed by atoms with van der Waals surface area (Å²) in [5.41, 5.74) is 1.39. The van der Waals surface area contributed by atoms with E-state index in [9.17, 15) is 13.2 Å². The third-order valence-corrected chi connectivity index (χ3v) is 4.35. The molecule has 3 aromatic rings. The van der Waals surface area contributed by atoms with Gasteiger partial charge in [-0.2, -0.15) is 13.2 Å². The molecule has 0 aliphatic carbocycles. The maximum Gasteiger partial charge on any atom is 0.416 e. The Labute approximate surface area is 147 Å². The van der Waals surface area contributed by atoms with Crippen LogP contribution < -0.4 is 0 Å². The lowest BCUT2D eigenvalue weighted by atomic mass is 10.1. The van der Waals surface area contributed by atoms with E-state index in [1.54, 1.807) is 12.3 Å². The molecule has 0 bridgehead atoms. The van der Waals surface area contributed by atoms with Crippen LogP contribution in [-0.4, -0.2) is 15.0 Å². The Kier molecular flexibility index (Phi) is 5.03. The molecule has 0 radical (unpaired) electrons. The first-order valence-electron chi connectivity index (χ1n) is 7.48. The molecule has 25 heavy (non-hydrogen) atoms. The molecule has 0 unspecified atom stereocenters. The second-order valence-electron chi connectivity index (χ2n) is 5.37. The Balaban J connectivity index is 1.79. The van der Waals surface area contributed by atoms with Crippen molar-refractivity contribution < 1.29 is 13.2 Å². The van der Waals surface area contributed by atoms with Crippen LogP contribution in [0.3, 0.4) is 0 Å². The van der Waals surface area contributed by atoms with Crippen molar-refractivity contribution in [3.8, 4) is 11.5 Å². The fourth-order valence-corrected chi connectivity index (χ4v) is 3.12. The van der Waals surface area contributed by atoms with Crippen molar-refractivity contribution in [2.24, 2.45) is 0 Å². The highest BCUT2D eigenvalue weighted by Crippen LogP contribution is 2.31. The molecule has 0 amide bonds. The lowest BCUT2D eigenvalue weighted by molar-refractivity contribution is -0.137. The van der Waals surface area contributed by atoms with Gasteiger partial charge in [-0.1, -0.05) is 24.3 Å². The van der Waals surface area contributed by atoms with Gasteiger partial charge in [0, 0.05) is 17.6 Å². The van der Waals surface area contributed by atoms with E-state index in [1.807, 2.05) is 31.2 Å². The third kappa shape index (κ3) is 4.57. The molecule has 128 valence electrons. The summed E-state index contributed by atoms with van der Waals surface area (Å²) in [4.78, 5) is 13.1. The van der Waals surface area contributed by atoms with Crippen molar-refractivity contribution in [2.75, 3.05) is 0 Å². The lowest BCUT2D eigenvalue weighted by Gasteiger charge is -2.09. The van der Waals surface area contributed by atoms with Crippen LogP contribution >= 0.6 is 11.8 Å². The van der Waals surface area contributed by atoms with Crippen molar-refractivity contribution in [3.05, 3.63) is 71.5 Å². The van der Waals surface area contributed by atoms with Crippen LogP contribution in [-0.2, 0) is 11.9 Å². The molecule has 1 aromatic carbocycles. The first-order valence-corrected chi connectivity index (χ1v) is 8.46. The standard InChI is InChI=1S/C18H14F3N3S/c1-12-9-16(24-17(23-12)15-7-2-3-8-22-15)25-11-13-5-4-6-14(10-13)18(19,20)21/h2-10H,11H2,1H3. The molecule has 2 aromatic heterocycles. The fourth-order valence-electron chi connectivity index (χ4n) is 2.22. The minimum atomic E-state index is -4.33. The topological polar surface area (TPSA) is 38.7 Å². The summed E-state index contributed by atoms with van der Waals surface area (Å²) in [5, 5.41) is 0.700. The molecule has 0 atom stereocenters. The van der Waals surface area contributed by atoms with Gasteiger partial charge in [0.25, 0.3) is 0 Å². The number of thioether (sulfide) groups is 1. The summed E-state index contributed by atoms with van der Waals surface area (Å²) in [6.45, 7) is 1.85. The number of rotatable bonds is 4. The number of aromatic nitrogens is 3. The van der Waals surface area contributed by atoms with E-state index in [1.165, 1.54) is 23.9 Å². The van der Waals surface area contributed by atoms with Crippen LogP contribution in [0.1, 0.15) is 16.8 Å². The number of nitrogens with zero attached hydrogens (tertiary/aromatic N) is 3. The average molecular weight is 361 g/mol. The van der Waals surface area contributed by atoms with Gasteiger partial charge in [0.1, 0.15) is 10.7 Å². The van der Waals surface area contributed by atoms with Gasteiger partial charge in [-0.25, -0.2) is 9.97 Å². The highest BCUT2D eigenvalue weighted by Gasteiger charge is 2.30. The van der Waals surface area contributed by atoms with E-state index in [2.05, 4.69) is 15.0 Å². The predicted molar refractivity (Wildman–Crippen MR) is 91.0 cm³/mol. The van der Waals surface area contributed by atoms with E-state index in [0.29, 0.717) is 27.9 Å². The molecule has 0 spiro atoms. The van der Waals surface area contributed by atoms with Crippen LogP contribution in [0.25, 0.3) is 11.5 Å². The quantitative estimate of drug-likeness (QED) is 0.475. The maximum absolute atomic E-state index is 12.8. The molecular weight excluding hydrogens is 347 g/mol. The monoisotopic (exact) mass is 361 g/mol. The van der Waals surface area contributed by atoms with Crippen molar-refractivity contribution in [3.63, 3.8) is 0 Å². The van der Waals surface area contributed by atoms with Gasteiger partial charge in [-0.15, -0.1) is 11.8 Å². The Morgan fingerprint density at radius 1 is 1.00 bits per heavy atom. The van der Waals surface area contributed by atoms with Gasteiger partial charge in [-0.05, 0) is 36.8 Å². The third-order valence-electron chi connectivity index (χ3n) is 3.37. The molecule has 0 saturated carbocycles. The molecule has 0 fully saturated rings. The first kappa shape index (κ1) is 17.4. The van der Waals surface area contributed by atoms with E-state index >= 15 is 0 Å². The molecule has 0 aliphatic rings. The highest BCUT2D eigenvalue weighted by atomic mass is 32.2. The van der Waals surface area contributed by atoms with Crippen molar-refractivity contribution >= 4 is 11.8 Å². The van der Waals surface area contributed by atoms with Gasteiger partial charge in [-0.3, -0.25) is 4.98 Å². The number of hydrogen-bond acceptors (Lipinski definition) is 4. The highest BCUT2D eigenvalue weighted by molar-refractivity contribution is 7.98. The van der Waals surface area contributed by atoms with Crippen LogP contribution in [0.2, 0.25) is 0 Å². The Morgan fingerprint density at radius 3 is 2.56 bits per heavy atom. The van der Waals surface area contributed by atoms with Crippen molar-refractivity contribution in [2.45, 2.75) is 23.9 Å². The summed E-state index contributed by atoms with van der Waals surface area (Å²) in [5.74, 6) is 0.898. The van der Waals surface area contributed by atoms with E-state index in [0.717, 1.165) is 11.8 Å². The second kappa shape index (κ2) is 7.23. The van der Waals surface area contributed by atoms with Gasteiger partial charge in [0.05, 0.1) is 5.56 Å². The Morgan fingerprint density at radius 2 is 1.84 bits per heavy atom. The number of benzene rings is 1. The van der Waals surface area contributed by atoms with Crippen LogP contribution in [0.5, 0.6) is 0 Å². The SMILES string of the molecule is Cc1cc(SCc2cccc(C(F)(F)F)c2)nc(-c2ccccn2)n1. The maximum atomic E-state index is 12.8. The first-order chi connectivity index (χ1) is 11.9. The molecule has 3 rings (SSSR count). The molecular formula is C18H14F3N3S. The zero-order valence-electron chi connectivity index (χ0n) is 13.3. The zero-order valence-corrected chi connectivity index (χ0v) is 14.1. The lowest BCUT2D eigenvalue weighted by Crippen LogP contribution is -2.05. The number of alkyl halides is 3. The molecule has 7 heteroatoms. The molecule has 0 aliphatic heterocycles. The summed E-state index contributed by atoms with van der Waals surface area (Å²) in [6, 6.07) is 12.6. The summed E-state index contributed by atoms with van der Waals surface area (Å²) in [6.07, 6.45) is -2.67. The second-order valence-corrected chi connectivity index (χ2v) is 6.37. The molecule has 2 heterocycles. The van der Waals surface area contributed by atoms with Gasteiger partial charge in [0.15, 0.2) is 5.82 Å². The Hall–Kier alpha value is -2.41. The minimum Gasteiger partial charge on any atom is -0.253 e. The number of pyridine rings is 1. The molecule has 0 N–H and O–H groups in total. The Bertz CT molecular complexity index is 867. The van der Waals surface area contributed by atoms with Crippen molar-refractivity contribution in [1.82, 2.24) is 15.0 Å². The molecule has 3 nitrogen and oxygen atoms in total. The van der Waals surface area contributed by atoms with E-state index < -0.39 is 11.7 Å². The summed E-state index contributed by atoms with van der Waals surface area (Å²) in [7, 11) is 0. The smallest absolute Gasteiger partial charge is 0.253 e.